The van der Waals surface area contributed by atoms with Crippen LogP contribution in [0, 0.1) is 0 Å². The fraction of sp³-hybridized carbons (Fsp3) is 0.333. The molecule has 0 bridgehead atoms. The summed E-state index contributed by atoms with van der Waals surface area (Å²) in [6, 6.07) is 11.9. The van der Waals surface area contributed by atoms with E-state index in [1.165, 1.54) is 5.56 Å². The molecule has 1 heterocycles. The fourth-order valence-corrected chi connectivity index (χ4v) is 2.00. The Morgan fingerprint density at radius 2 is 1.95 bits per heavy atom. The van der Waals surface area contributed by atoms with E-state index in [9.17, 15) is 0 Å². The first-order valence-corrected chi connectivity index (χ1v) is 6.85. The maximum absolute atomic E-state index is 5.91. The molecule has 2 aromatic rings. The Morgan fingerprint density at radius 1 is 1.15 bits per heavy atom. The highest BCUT2D eigenvalue weighted by Crippen LogP contribution is 2.14. The van der Waals surface area contributed by atoms with E-state index >= 15 is 0 Å². The summed E-state index contributed by atoms with van der Waals surface area (Å²) in [7, 11) is 1.59. The smallest absolute Gasteiger partial charge is 0.218 e. The van der Waals surface area contributed by atoms with Crippen molar-refractivity contribution >= 4 is 11.6 Å². The zero-order valence-corrected chi connectivity index (χ0v) is 12.1. The summed E-state index contributed by atoms with van der Waals surface area (Å²) in [5.41, 5.74) is 1.30. The average molecular weight is 293 g/mol. The van der Waals surface area contributed by atoms with Gasteiger partial charge in [0.25, 0.3) is 0 Å². The second-order valence-corrected chi connectivity index (χ2v) is 4.70. The van der Waals surface area contributed by atoms with Gasteiger partial charge in [0.15, 0.2) is 5.82 Å². The second kappa shape index (κ2) is 7.82. The molecule has 0 aliphatic rings. The van der Waals surface area contributed by atoms with Gasteiger partial charge >= 0.3 is 0 Å². The first-order chi connectivity index (χ1) is 9.78. The van der Waals surface area contributed by atoms with Crippen molar-refractivity contribution < 1.29 is 9.47 Å². The van der Waals surface area contributed by atoms with Crippen molar-refractivity contribution in [2.45, 2.75) is 19.4 Å². The van der Waals surface area contributed by atoms with Crippen LogP contribution < -0.4 is 4.74 Å². The zero-order valence-electron chi connectivity index (χ0n) is 11.4. The molecule has 0 saturated carbocycles. The van der Waals surface area contributed by atoms with Crippen LogP contribution in [0.1, 0.15) is 17.8 Å². The van der Waals surface area contributed by atoms with E-state index < -0.39 is 0 Å². The van der Waals surface area contributed by atoms with Crippen LogP contribution in [0.15, 0.2) is 36.4 Å². The first-order valence-electron chi connectivity index (χ1n) is 6.47. The van der Waals surface area contributed by atoms with Crippen LogP contribution in [0.25, 0.3) is 0 Å². The molecule has 20 heavy (non-hydrogen) atoms. The molecular weight excluding hydrogens is 276 g/mol. The fourth-order valence-electron chi connectivity index (χ4n) is 1.81. The van der Waals surface area contributed by atoms with Crippen molar-refractivity contribution in [3.8, 4) is 5.88 Å². The predicted molar refractivity (Wildman–Crippen MR) is 78.0 cm³/mol. The Kier molecular flexibility index (Phi) is 5.77. The molecule has 0 atom stereocenters. The molecule has 0 fully saturated rings. The van der Waals surface area contributed by atoms with Gasteiger partial charge in [-0.15, -0.1) is 0 Å². The van der Waals surface area contributed by atoms with Crippen LogP contribution in [0.2, 0.25) is 5.15 Å². The lowest BCUT2D eigenvalue weighted by Crippen LogP contribution is -2.04. The molecule has 5 heteroatoms. The molecule has 0 radical (unpaired) electrons. The minimum Gasteiger partial charge on any atom is -0.478 e. The third-order valence-corrected chi connectivity index (χ3v) is 2.89. The molecule has 1 aromatic carbocycles. The molecule has 2 rings (SSSR count). The molecule has 106 valence electrons. The van der Waals surface area contributed by atoms with Gasteiger partial charge in [-0.25, -0.2) is 4.98 Å². The normalized spacial score (nSPS) is 10.5. The minimum absolute atomic E-state index is 0.320. The maximum atomic E-state index is 5.91. The Bertz CT molecular complexity index is 535. The Hall–Kier alpha value is -1.65. The summed E-state index contributed by atoms with van der Waals surface area (Å²) in [6.45, 7) is 0.912. The van der Waals surface area contributed by atoms with Gasteiger partial charge in [0.05, 0.1) is 6.61 Å². The van der Waals surface area contributed by atoms with Gasteiger partial charge in [0.2, 0.25) is 5.88 Å². The van der Waals surface area contributed by atoms with E-state index in [2.05, 4.69) is 22.1 Å². The number of methoxy groups -OCH3 is 1. The molecule has 0 N–H and O–H groups in total. The van der Waals surface area contributed by atoms with Crippen molar-refractivity contribution in [1.82, 2.24) is 9.97 Å². The first kappa shape index (κ1) is 14.8. The van der Waals surface area contributed by atoms with Crippen molar-refractivity contribution in [3.63, 3.8) is 0 Å². The number of nitrogens with zero attached hydrogens (tertiary/aromatic N) is 2. The lowest BCUT2D eigenvalue weighted by molar-refractivity contribution is 0.176. The maximum Gasteiger partial charge on any atom is 0.218 e. The summed E-state index contributed by atoms with van der Waals surface area (Å²) in [5.74, 6) is 1.02. The van der Waals surface area contributed by atoms with Crippen molar-refractivity contribution in [3.05, 3.63) is 52.9 Å². The monoisotopic (exact) mass is 292 g/mol. The number of benzene rings is 1. The van der Waals surface area contributed by atoms with E-state index in [1.807, 2.05) is 18.2 Å². The van der Waals surface area contributed by atoms with Crippen LogP contribution in [0.5, 0.6) is 5.88 Å². The number of ether oxygens (including phenoxy) is 2. The summed E-state index contributed by atoms with van der Waals surface area (Å²) in [5, 5.41) is 0.366. The standard InChI is InChI=1S/C15H17ClN2O2/c1-19-11-14-17-13(16)10-15(18-14)20-9-5-8-12-6-3-2-4-7-12/h2-4,6-7,10H,5,8-9,11H2,1H3. The number of halogens is 1. The van der Waals surface area contributed by atoms with Crippen LogP contribution in [0.4, 0.5) is 0 Å². The zero-order chi connectivity index (χ0) is 14.2. The Morgan fingerprint density at radius 3 is 2.70 bits per heavy atom. The largest absolute Gasteiger partial charge is 0.478 e. The van der Waals surface area contributed by atoms with Crippen LogP contribution in [0.3, 0.4) is 0 Å². The third-order valence-electron chi connectivity index (χ3n) is 2.69. The molecule has 0 aliphatic heterocycles. The lowest BCUT2D eigenvalue weighted by atomic mass is 10.1. The molecule has 0 spiro atoms. The third kappa shape index (κ3) is 4.79. The number of aromatic nitrogens is 2. The predicted octanol–water partition coefficient (Wildman–Crippen LogP) is 3.29. The summed E-state index contributed by atoms with van der Waals surface area (Å²) < 4.78 is 10.6. The number of hydrogen-bond acceptors (Lipinski definition) is 4. The topological polar surface area (TPSA) is 44.2 Å². The average Bonchev–Trinajstić information content (AvgIpc) is 2.45. The van der Waals surface area contributed by atoms with E-state index in [4.69, 9.17) is 21.1 Å². The van der Waals surface area contributed by atoms with Crippen molar-refractivity contribution in [2.24, 2.45) is 0 Å². The van der Waals surface area contributed by atoms with Crippen molar-refractivity contribution in [2.75, 3.05) is 13.7 Å². The van der Waals surface area contributed by atoms with Crippen LogP contribution in [-0.2, 0) is 17.8 Å². The summed E-state index contributed by atoms with van der Waals surface area (Å²) in [4.78, 5) is 8.27. The Balaban J connectivity index is 1.81. The van der Waals surface area contributed by atoms with Gasteiger partial charge < -0.3 is 9.47 Å². The molecule has 4 nitrogen and oxygen atoms in total. The highest BCUT2D eigenvalue weighted by molar-refractivity contribution is 6.29. The molecule has 1 aromatic heterocycles. The van der Waals surface area contributed by atoms with E-state index in [1.54, 1.807) is 13.2 Å². The van der Waals surface area contributed by atoms with Gasteiger partial charge in [0.1, 0.15) is 11.8 Å². The van der Waals surface area contributed by atoms with E-state index in [-0.39, 0.29) is 0 Å². The molecule has 0 saturated heterocycles. The Labute approximate surface area is 123 Å². The van der Waals surface area contributed by atoms with Gasteiger partial charge in [-0.05, 0) is 18.4 Å². The van der Waals surface area contributed by atoms with E-state index in [0.29, 0.717) is 30.1 Å². The van der Waals surface area contributed by atoms with Crippen LogP contribution >= 0.6 is 11.6 Å². The van der Waals surface area contributed by atoms with Gasteiger partial charge in [-0.1, -0.05) is 41.9 Å². The SMILES string of the molecule is COCc1nc(Cl)cc(OCCCc2ccccc2)n1. The minimum atomic E-state index is 0.320. The molecule has 0 amide bonds. The van der Waals surface area contributed by atoms with Gasteiger partial charge in [-0.3, -0.25) is 0 Å². The molecule has 0 unspecified atom stereocenters. The quantitative estimate of drug-likeness (QED) is 0.580. The van der Waals surface area contributed by atoms with E-state index in [0.717, 1.165) is 12.8 Å². The molecule has 0 aliphatic carbocycles. The van der Waals surface area contributed by atoms with Crippen molar-refractivity contribution in [1.29, 1.82) is 0 Å². The number of aryl methyl sites for hydroxylation is 1. The highest BCUT2D eigenvalue weighted by Gasteiger charge is 2.04. The van der Waals surface area contributed by atoms with Gasteiger partial charge in [-0.2, -0.15) is 4.98 Å². The molecular formula is C15H17ClN2O2. The van der Waals surface area contributed by atoms with Crippen LogP contribution in [-0.4, -0.2) is 23.7 Å². The highest BCUT2D eigenvalue weighted by atomic mass is 35.5. The summed E-state index contributed by atoms with van der Waals surface area (Å²) >= 11 is 5.91. The number of hydrogen-bond donors (Lipinski definition) is 0. The van der Waals surface area contributed by atoms with Gasteiger partial charge in [0, 0.05) is 13.2 Å². The summed E-state index contributed by atoms with van der Waals surface area (Å²) in [6.07, 6.45) is 1.90. The lowest BCUT2D eigenvalue weighted by Gasteiger charge is -2.07. The number of rotatable bonds is 7. The second-order valence-electron chi connectivity index (χ2n) is 4.32.